The summed E-state index contributed by atoms with van der Waals surface area (Å²) >= 11 is 0. The number of fused-ring (bicyclic) bond motifs is 1. The number of hydrogen-bond donors (Lipinski definition) is 1. The Kier molecular flexibility index (Phi) is 3.13. The van der Waals surface area contributed by atoms with Gasteiger partial charge in [0, 0.05) is 31.3 Å². The third-order valence-electron chi connectivity index (χ3n) is 3.07. The first-order chi connectivity index (χ1) is 8.11. The third kappa shape index (κ3) is 2.30. The number of nitrogens with one attached hydrogen (secondary N) is 1. The normalized spacial score (nSPS) is 13.9. The lowest BCUT2D eigenvalue weighted by molar-refractivity contribution is -0.116. The van der Waals surface area contributed by atoms with Gasteiger partial charge in [-0.15, -0.1) is 0 Å². The van der Waals surface area contributed by atoms with Crippen LogP contribution in [-0.2, 0) is 11.2 Å². The molecule has 0 aromatic heterocycles. The minimum atomic E-state index is 0.0206. The highest BCUT2D eigenvalue weighted by molar-refractivity contribution is 5.97. The van der Waals surface area contributed by atoms with Crippen LogP contribution in [0.1, 0.15) is 29.3 Å². The highest BCUT2D eigenvalue weighted by Gasteiger charge is 2.17. The van der Waals surface area contributed by atoms with E-state index in [1.807, 2.05) is 19.1 Å². The van der Waals surface area contributed by atoms with Crippen molar-refractivity contribution in [2.75, 3.05) is 18.9 Å². The van der Waals surface area contributed by atoms with E-state index in [2.05, 4.69) is 5.32 Å². The van der Waals surface area contributed by atoms with Crippen molar-refractivity contribution in [3.05, 3.63) is 29.3 Å². The molecule has 1 aliphatic heterocycles. The summed E-state index contributed by atoms with van der Waals surface area (Å²) in [5.74, 6) is 0.0643. The smallest absolute Gasteiger partial charge is 0.253 e. The molecule has 0 spiro atoms. The van der Waals surface area contributed by atoms with Crippen LogP contribution < -0.4 is 5.32 Å². The van der Waals surface area contributed by atoms with Gasteiger partial charge in [-0.05, 0) is 37.1 Å². The van der Waals surface area contributed by atoms with Crippen molar-refractivity contribution in [3.8, 4) is 0 Å². The molecule has 90 valence electrons. The lowest BCUT2D eigenvalue weighted by Crippen LogP contribution is -2.27. The number of amides is 2. The van der Waals surface area contributed by atoms with Gasteiger partial charge < -0.3 is 10.2 Å². The molecular weight excluding hydrogens is 216 g/mol. The fourth-order valence-corrected chi connectivity index (χ4v) is 1.88. The zero-order valence-electron chi connectivity index (χ0n) is 10.1. The Hall–Kier alpha value is -1.84. The second-order valence-electron chi connectivity index (χ2n) is 4.24. The maximum absolute atomic E-state index is 12.0. The highest BCUT2D eigenvalue weighted by atomic mass is 16.2. The van der Waals surface area contributed by atoms with Crippen molar-refractivity contribution in [2.24, 2.45) is 0 Å². The standard InChI is InChI=1S/C13H16N2O2/c1-3-15(2)13(17)10-4-6-11-9(8-10)5-7-12(16)14-11/h4,6,8H,3,5,7H2,1-2H3,(H,14,16). The molecule has 0 saturated heterocycles. The molecule has 4 heteroatoms. The monoisotopic (exact) mass is 232 g/mol. The first-order valence-corrected chi connectivity index (χ1v) is 5.80. The minimum Gasteiger partial charge on any atom is -0.342 e. The number of hydrogen-bond acceptors (Lipinski definition) is 2. The van der Waals surface area contributed by atoms with E-state index in [0.717, 1.165) is 11.3 Å². The predicted molar refractivity (Wildman–Crippen MR) is 66.0 cm³/mol. The molecule has 0 fully saturated rings. The fraction of sp³-hybridized carbons (Fsp3) is 0.385. The molecule has 0 atom stereocenters. The highest BCUT2D eigenvalue weighted by Crippen LogP contribution is 2.23. The minimum absolute atomic E-state index is 0.0206. The predicted octanol–water partition coefficient (Wildman–Crippen LogP) is 1.66. The van der Waals surface area contributed by atoms with Gasteiger partial charge in [0.2, 0.25) is 5.91 Å². The Bertz CT molecular complexity index is 468. The topological polar surface area (TPSA) is 49.4 Å². The van der Waals surface area contributed by atoms with Gasteiger partial charge in [0.25, 0.3) is 5.91 Å². The first-order valence-electron chi connectivity index (χ1n) is 5.80. The first kappa shape index (κ1) is 11.6. The van der Waals surface area contributed by atoms with Crippen LogP contribution in [0, 0.1) is 0 Å². The van der Waals surface area contributed by atoms with Gasteiger partial charge in [0.1, 0.15) is 0 Å². The van der Waals surface area contributed by atoms with E-state index in [9.17, 15) is 9.59 Å². The van der Waals surface area contributed by atoms with Crippen LogP contribution in [0.4, 0.5) is 5.69 Å². The van der Waals surface area contributed by atoms with Gasteiger partial charge in [-0.2, -0.15) is 0 Å². The molecule has 4 nitrogen and oxygen atoms in total. The zero-order valence-corrected chi connectivity index (χ0v) is 10.1. The average Bonchev–Trinajstić information content (AvgIpc) is 2.36. The summed E-state index contributed by atoms with van der Waals surface area (Å²) in [6.45, 7) is 2.63. The van der Waals surface area contributed by atoms with E-state index < -0.39 is 0 Å². The molecule has 0 radical (unpaired) electrons. The largest absolute Gasteiger partial charge is 0.342 e. The third-order valence-corrected chi connectivity index (χ3v) is 3.07. The number of nitrogens with zero attached hydrogens (tertiary/aromatic N) is 1. The Morgan fingerprint density at radius 2 is 2.18 bits per heavy atom. The Morgan fingerprint density at radius 3 is 2.88 bits per heavy atom. The van der Waals surface area contributed by atoms with Crippen molar-refractivity contribution in [1.29, 1.82) is 0 Å². The lowest BCUT2D eigenvalue weighted by Gasteiger charge is -2.19. The number of carbonyl (C=O) groups is 2. The number of aryl methyl sites for hydroxylation is 1. The van der Waals surface area contributed by atoms with Gasteiger partial charge in [-0.3, -0.25) is 9.59 Å². The molecule has 1 N–H and O–H groups in total. The number of anilines is 1. The van der Waals surface area contributed by atoms with E-state index in [1.165, 1.54) is 0 Å². The number of benzene rings is 1. The quantitative estimate of drug-likeness (QED) is 0.843. The van der Waals surface area contributed by atoms with Crippen LogP contribution in [0.15, 0.2) is 18.2 Å². The van der Waals surface area contributed by atoms with Crippen LogP contribution in [0.2, 0.25) is 0 Å². The number of carbonyl (C=O) groups excluding carboxylic acids is 2. The molecule has 1 aromatic carbocycles. The summed E-state index contributed by atoms with van der Waals surface area (Å²) in [4.78, 5) is 24.8. The van der Waals surface area contributed by atoms with Crippen LogP contribution in [0.3, 0.4) is 0 Å². The summed E-state index contributed by atoms with van der Waals surface area (Å²) in [7, 11) is 1.78. The second kappa shape index (κ2) is 4.57. The molecule has 1 aliphatic rings. The van der Waals surface area contributed by atoms with Gasteiger partial charge in [0.15, 0.2) is 0 Å². The summed E-state index contributed by atoms with van der Waals surface area (Å²) in [5, 5.41) is 2.81. The van der Waals surface area contributed by atoms with Crippen LogP contribution in [0.5, 0.6) is 0 Å². The summed E-state index contributed by atoms with van der Waals surface area (Å²) in [6.07, 6.45) is 1.20. The summed E-state index contributed by atoms with van der Waals surface area (Å²) < 4.78 is 0. The van der Waals surface area contributed by atoms with E-state index in [4.69, 9.17) is 0 Å². The molecule has 0 bridgehead atoms. The zero-order chi connectivity index (χ0) is 12.4. The van der Waals surface area contributed by atoms with Gasteiger partial charge >= 0.3 is 0 Å². The lowest BCUT2D eigenvalue weighted by atomic mass is 10.00. The molecule has 1 aromatic rings. The molecule has 2 amide bonds. The van der Waals surface area contributed by atoms with E-state index in [1.54, 1.807) is 18.0 Å². The Morgan fingerprint density at radius 1 is 1.41 bits per heavy atom. The summed E-state index contributed by atoms with van der Waals surface area (Å²) in [6, 6.07) is 5.45. The Labute approximate surface area is 101 Å². The van der Waals surface area contributed by atoms with Crippen molar-refractivity contribution >= 4 is 17.5 Å². The maximum atomic E-state index is 12.0. The van der Waals surface area contributed by atoms with E-state index >= 15 is 0 Å². The van der Waals surface area contributed by atoms with Crippen molar-refractivity contribution < 1.29 is 9.59 Å². The van der Waals surface area contributed by atoms with Crippen LogP contribution >= 0.6 is 0 Å². The molecule has 0 aliphatic carbocycles. The van der Waals surface area contributed by atoms with Crippen LogP contribution in [0.25, 0.3) is 0 Å². The van der Waals surface area contributed by atoms with Crippen molar-refractivity contribution in [3.63, 3.8) is 0 Å². The second-order valence-corrected chi connectivity index (χ2v) is 4.24. The van der Waals surface area contributed by atoms with Gasteiger partial charge in [-0.1, -0.05) is 0 Å². The van der Waals surface area contributed by atoms with Crippen LogP contribution in [-0.4, -0.2) is 30.3 Å². The SMILES string of the molecule is CCN(C)C(=O)c1ccc2c(c1)CCC(=O)N2. The van der Waals surface area contributed by atoms with Gasteiger partial charge in [-0.25, -0.2) is 0 Å². The Balaban J connectivity index is 2.28. The molecule has 0 unspecified atom stereocenters. The van der Waals surface area contributed by atoms with E-state index in [-0.39, 0.29) is 11.8 Å². The number of rotatable bonds is 2. The van der Waals surface area contributed by atoms with Gasteiger partial charge in [0.05, 0.1) is 0 Å². The summed E-state index contributed by atoms with van der Waals surface area (Å²) in [5.41, 5.74) is 2.56. The average molecular weight is 232 g/mol. The maximum Gasteiger partial charge on any atom is 0.253 e. The van der Waals surface area contributed by atoms with Crippen molar-refractivity contribution in [2.45, 2.75) is 19.8 Å². The molecule has 1 heterocycles. The molecule has 17 heavy (non-hydrogen) atoms. The fourth-order valence-electron chi connectivity index (χ4n) is 1.88. The van der Waals surface area contributed by atoms with E-state index in [0.29, 0.717) is 24.9 Å². The molecular formula is C13H16N2O2. The molecule has 0 saturated carbocycles. The molecule has 2 rings (SSSR count). The van der Waals surface area contributed by atoms with Crippen molar-refractivity contribution in [1.82, 2.24) is 4.90 Å².